The van der Waals surface area contributed by atoms with E-state index in [-0.39, 0.29) is 23.0 Å². The van der Waals surface area contributed by atoms with Gasteiger partial charge in [0.05, 0.1) is 12.2 Å². The topological polar surface area (TPSA) is 80.3 Å². The maximum Gasteiger partial charge on any atom is 0.397 e. The number of nitrogens with zero attached hydrogens (tertiary/aromatic N) is 2. The standard InChI is InChI=1S/C33H57N2O5P/c1-22-16-25(28(2,3)4)27(26(17-22)29(5,6)7)40-41(38-23-18-30(8,9)34(36)31(10,11)19-23)39-24-20-32(12,13)35(37)33(14,15)21-24/h16-17,23-24H,18-21H2,1-15H3/q-2. The van der Waals surface area contributed by atoms with Crippen molar-refractivity contribution in [2.75, 3.05) is 0 Å². The summed E-state index contributed by atoms with van der Waals surface area (Å²) in [6.07, 6.45) is 1.89. The van der Waals surface area contributed by atoms with Gasteiger partial charge in [0.25, 0.3) is 0 Å². The van der Waals surface area contributed by atoms with Crippen molar-refractivity contribution in [1.82, 2.24) is 10.1 Å². The molecule has 2 aliphatic heterocycles. The van der Waals surface area contributed by atoms with Crippen LogP contribution in [0.2, 0.25) is 0 Å². The summed E-state index contributed by atoms with van der Waals surface area (Å²) in [7, 11) is -1.85. The van der Waals surface area contributed by atoms with Gasteiger partial charge in [-0.3, -0.25) is 9.05 Å². The lowest BCUT2D eigenvalue weighted by molar-refractivity contribution is -0.0619. The van der Waals surface area contributed by atoms with Crippen LogP contribution in [0.15, 0.2) is 12.1 Å². The van der Waals surface area contributed by atoms with E-state index in [1.54, 1.807) is 0 Å². The summed E-state index contributed by atoms with van der Waals surface area (Å²) in [6, 6.07) is 4.42. The molecule has 0 bridgehead atoms. The molecule has 1 aromatic rings. The predicted octanol–water partition coefficient (Wildman–Crippen LogP) is 9.27. The summed E-state index contributed by atoms with van der Waals surface area (Å²) in [5.41, 5.74) is 0.765. The molecule has 41 heavy (non-hydrogen) atoms. The highest BCUT2D eigenvalue weighted by atomic mass is 31.2. The molecular weight excluding hydrogens is 535 g/mol. The molecule has 3 rings (SSSR count). The van der Waals surface area contributed by atoms with Crippen molar-refractivity contribution in [3.8, 4) is 5.75 Å². The zero-order valence-corrected chi connectivity index (χ0v) is 29.4. The lowest BCUT2D eigenvalue weighted by atomic mass is 9.78. The molecule has 0 spiro atoms. The monoisotopic (exact) mass is 592 g/mol. The van der Waals surface area contributed by atoms with Gasteiger partial charge >= 0.3 is 8.60 Å². The highest BCUT2D eigenvalue weighted by molar-refractivity contribution is 7.42. The second-order valence-electron chi connectivity index (χ2n) is 17.1. The molecule has 0 atom stereocenters. The van der Waals surface area contributed by atoms with Crippen molar-refractivity contribution >= 4 is 8.60 Å². The van der Waals surface area contributed by atoms with Crippen molar-refractivity contribution in [1.29, 1.82) is 0 Å². The zero-order chi connectivity index (χ0) is 31.6. The van der Waals surface area contributed by atoms with E-state index in [2.05, 4.69) is 60.6 Å². The average Bonchev–Trinajstić information content (AvgIpc) is 2.74. The molecule has 1 aromatic carbocycles. The van der Waals surface area contributed by atoms with Crippen LogP contribution in [0.4, 0.5) is 0 Å². The molecule has 236 valence electrons. The first kappa shape index (κ1) is 34.7. The smallest absolute Gasteiger partial charge is 0.397 e. The van der Waals surface area contributed by atoms with Gasteiger partial charge in [0.2, 0.25) is 0 Å². The Hall–Kier alpha value is -0.790. The molecule has 0 aromatic heterocycles. The average molecular weight is 593 g/mol. The quantitative estimate of drug-likeness (QED) is 0.305. The maximum atomic E-state index is 13.1. The van der Waals surface area contributed by atoms with Crippen LogP contribution in [0.25, 0.3) is 0 Å². The van der Waals surface area contributed by atoms with Crippen LogP contribution in [0.3, 0.4) is 0 Å². The van der Waals surface area contributed by atoms with Crippen molar-refractivity contribution in [3.63, 3.8) is 0 Å². The fourth-order valence-electron chi connectivity index (χ4n) is 6.86. The lowest BCUT2D eigenvalue weighted by Gasteiger charge is -2.60. The summed E-state index contributed by atoms with van der Waals surface area (Å²) >= 11 is 0. The summed E-state index contributed by atoms with van der Waals surface area (Å²) in [5.74, 6) is 0.821. The molecule has 0 radical (unpaired) electrons. The molecule has 0 aliphatic carbocycles. The molecule has 2 aliphatic rings. The molecule has 2 saturated heterocycles. The number of benzene rings is 1. The van der Waals surface area contributed by atoms with Gasteiger partial charge in [-0.1, -0.05) is 59.2 Å². The van der Waals surface area contributed by atoms with Crippen LogP contribution < -0.4 is 4.52 Å². The highest BCUT2D eigenvalue weighted by Gasteiger charge is 2.45. The van der Waals surface area contributed by atoms with E-state index >= 15 is 0 Å². The SMILES string of the molecule is Cc1cc(C(C)(C)C)c(OP(OC2CC(C)(C)N([O-])C(C)(C)C2)OC2CC(C)(C)N([O-])C(C)(C)C2)c(C(C)(C)C)c1. The summed E-state index contributed by atoms with van der Waals surface area (Å²) in [6.45, 7) is 31.2. The highest BCUT2D eigenvalue weighted by Crippen LogP contribution is 2.54. The van der Waals surface area contributed by atoms with Crippen LogP contribution in [-0.2, 0) is 19.9 Å². The third-order valence-corrected chi connectivity index (χ3v) is 9.87. The third-order valence-electron chi connectivity index (χ3n) is 8.59. The molecule has 2 heterocycles. The maximum absolute atomic E-state index is 13.1. The fraction of sp³-hybridized carbons (Fsp3) is 0.818. The number of hydrogen-bond donors (Lipinski definition) is 0. The second kappa shape index (κ2) is 11.3. The van der Waals surface area contributed by atoms with Crippen LogP contribution in [0.1, 0.15) is 139 Å². The van der Waals surface area contributed by atoms with Gasteiger partial charge in [0, 0.05) is 33.3 Å². The number of hydrogen-bond acceptors (Lipinski definition) is 7. The molecule has 2 fully saturated rings. The number of piperidine rings is 2. The molecule has 0 unspecified atom stereocenters. The van der Waals surface area contributed by atoms with E-state index in [9.17, 15) is 10.4 Å². The first-order valence-electron chi connectivity index (χ1n) is 15.2. The van der Waals surface area contributed by atoms with Crippen LogP contribution >= 0.6 is 8.60 Å². The number of rotatable bonds is 6. The van der Waals surface area contributed by atoms with Crippen molar-refractivity contribution < 1.29 is 13.6 Å². The van der Waals surface area contributed by atoms with E-state index < -0.39 is 30.8 Å². The van der Waals surface area contributed by atoms with Crippen molar-refractivity contribution in [2.45, 2.75) is 175 Å². The summed E-state index contributed by atoms with van der Waals surface area (Å²) in [5, 5.41) is 28.6. The van der Waals surface area contributed by atoms with E-state index in [0.717, 1.165) is 16.9 Å². The minimum absolute atomic E-state index is 0.169. The van der Waals surface area contributed by atoms with Gasteiger partial charge in [-0.2, -0.15) is 0 Å². The van der Waals surface area contributed by atoms with Crippen molar-refractivity contribution in [3.05, 3.63) is 39.2 Å². The Morgan fingerprint density at radius 3 is 1.22 bits per heavy atom. The van der Waals surface area contributed by atoms with Gasteiger partial charge in [0.1, 0.15) is 5.75 Å². The summed E-state index contributed by atoms with van der Waals surface area (Å²) in [4.78, 5) is 0. The van der Waals surface area contributed by atoms with Crippen LogP contribution in [0.5, 0.6) is 5.75 Å². The Kier molecular flexibility index (Phi) is 9.55. The number of aryl methyl sites for hydroxylation is 1. The van der Waals surface area contributed by atoms with E-state index in [4.69, 9.17) is 13.6 Å². The molecule has 8 heteroatoms. The van der Waals surface area contributed by atoms with Gasteiger partial charge in [-0.05, 0) is 98.8 Å². The first-order chi connectivity index (χ1) is 18.3. The van der Waals surface area contributed by atoms with E-state index in [1.807, 2.05) is 55.4 Å². The Labute approximate surface area is 251 Å². The third kappa shape index (κ3) is 7.84. The largest absolute Gasteiger partial charge is 0.784 e. The second-order valence-corrected chi connectivity index (χ2v) is 18.2. The van der Waals surface area contributed by atoms with Gasteiger partial charge < -0.3 is 25.1 Å². The van der Waals surface area contributed by atoms with E-state index in [0.29, 0.717) is 25.7 Å². The first-order valence-corrected chi connectivity index (χ1v) is 16.3. The van der Waals surface area contributed by atoms with Crippen LogP contribution in [0, 0.1) is 17.3 Å². The van der Waals surface area contributed by atoms with E-state index in [1.165, 1.54) is 15.7 Å². The minimum atomic E-state index is -1.85. The minimum Gasteiger partial charge on any atom is -0.784 e. The molecule has 7 nitrogen and oxygen atoms in total. The van der Waals surface area contributed by atoms with Gasteiger partial charge in [0.15, 0.2) is 0 Å². The Morgan fingerprint density at radius 1 is 0.659 bits per heavy atom. The fourth-order valence-corrected chi connectivity index (χ4v) is 8.13. The Balaban J connectivity index is 2.07. The normalized spacial score (nSPS) is 24.1. The molecule has 0 amide bonds. The Bertz CT molecular complexity index is 971. The Morgan fingerprint density at radius 2 is 0.951 bits per heavy atom. The van der Waals surface area contributed by atoms with Gasteiger partial charge in [-0.15, -0.1) is 0 Å². The summed E-state index contributed by atoms with van der Waals surface area (Å²) < 4.78 is 20.6. The molecule has 0 saturated carbocycles. The lowest BCUT2D eigenvalue weighted by Crippen LogP contribution is -2.59. The van der Waals surface area contributed by atoms with Crippen LogP contribution in [-0.4, -0.2) is 44.5 Å². The molecule has 0 N–H and O–H groups in total. The zero-order valence-electron chi connectivity index (χ0n) is 28.5. The predicted molar refractivity (Wildman–Crippen MR) is 171 cm³/mol. The van der Waals surface area contributed by atoms with Gasteiger partial charge in [-0.25, -0.2) is 0 Å². The number of hydroxylamine groups is 4. The molecular formula is C33H57N2O5P-2. The van der Waals surface area contributed by atoms with Crippen molar-refractivity contribution in [2.24, 2.45) is 0 Å².